The topological polar surface area (TPSA) is 72.3 Å². The third kappa shape index (κ3) is 6.63. The number of thioether (sulfide) groups is 1. The fraction of sp³-hybridized carbons (Fsp3) is 0.318. The van der Waals surface area contributed by atoms with E-state index < -0.39 is 0 Å². The van der Waals surface area contributed by atoms with E-state index in [0.717, 1.165) is 24.0 Å². The van der Waals surface area contributed by atoms with E-state index in [1.54, 1.807) is 31.5 Å². The normalized spacial score (nSPS) is 17.4. The number of nitrogens with one attached hydrogen (secondary N) is 1. The second-order valence-electron chi connectivity index (χ2n) is 6.80. The van der Waals surface area contributed by atoms with Crippen molar-refractivity contribution < 1.29 is 14.3 Å². The first kappa shape index (κ1) is 23.4. The number of amides is 1. The maximum atomic E-state index is 12.3. The summed E-state index contributed by atoms with van der Waals surface area (Å²) in [5.74, 6) is 1.19. The van der Waals surface area contributed by atoms with E-state index in [0.29, 0.717) is 39.7 Å². The summed E-state index contributed by atoms with van der Waals surface area (Å²) in [5.41, 5.74) is 1.63. The molecule has 1 atom stereocenters. The molecular formula is C22H23Cl2N3O3S. The van der Waals surface area contributed by atoms with Crippen molar-refractivity contribution in [1.29, 1.82) is 0 Å². The molecule has 0 aromatic heterocycles. The second-order valence-corrected chi connectivity index (χ2v) is 8.83. The summed E-state index contributed by atoms with van der Waals surface area (Å²) in [4.78, 5) is 12.3. The minimum Gasteiger partial charge on any atom is -0.493 e. The zero-order chi connectivity index (χ0) is 22.2. The number of hydrogen-bond donors (Lipinski definition) is 1. The Labute approximate surface area is 196 Å². The summed E-state index contributed by atoms with van der Waals surface area (Å²) in [6.07, 6.45) is 4.10. The van der Waals surface area contributed by atoms with Crippen molar-refractivity contribution >= 4 is 52.3 Å². The average Bonchev–Trinajstić information content (AvgIpc) is 3.10. The number of halogens is 2. The molecule has 164 valence electrons. The van der Waals surface area contributed by atoms with Crippen LogP contribution in [0.5, 0.6) is 11.5 Å². The Balaban J connectivity index is 1.62. The number of carbonyl (C=O) groups is 1. The molecule has 1 unspecified atom stereocenters. The summed E-state index contributed by atoms with van der Waals surface area (Å²) in [6, 6.07) is 10.8. The molecule has 6 nitrogen and oxygen atoms in total. The third-order valence-electron chi connectivity index (χ3n) is 4.49. The number of nitrogens with zero attached hydrogens (tertiary/aromatic N) is 2. The minimum absolute atomic E-state index is 0.134. The van der Waals surface area contributed by atoms with Crippen molar-refractivity contribution in [2.45, 2.75) is 31.4 Å². The highest BCUT2D eigenvalue weighted by atomic mass is 35.5. The van der Waals surface area contributed by atoms with E-state index in [9.17, 15) is 4.79 Å². The Bertz CT molecular complexity index is 998. The molecule has 1 heterocycles. The van der Waals surface area contributed by atoms with Gasteiger partial charge in [0.1, 0.15) is 0 Å². The maximum absolute atomic E-state index is 12.3. The number of amidine groups is 1. The summed E-state index contributed by atoms with van der Waals surface area (Å²) < 4.78 is 11.1. The van der Waals surface area contributed by atoms with Crippen LogP contribution in [0.3, 0.4) is 0 Å². The second kappa shape index (κ2) is 11.4. The van der Waals surface area contributed by atoms with Gasteiger partial charge in [-0.2, -0.15) is 5.10 Å². The smallest absolute Gasteiger partial charge is 0.239 e. The lowest BCUT2D eigenvalue weighted by molar-refractivity contribution is -0.118. The van der Waals surface area contributed by atoms with Crippen LogP contribution in [0.2, 0.25) is 10.0 Å². The van der Waals surface area contributed by atoms with Gasteiger partial charge in [-0.15, -0.1) is 5.10 Å². The van der Waals surface area contributed by atoms with Crippen LogP contribution in [-0.2, 0) is 11.2 Å². The predicted molar refractivity (Wildman–Crippen MR) is 128 cm³/mol. The molecule has 9 heteroatoms. The first-order valence-corrected chi connectivity index (χ1v) is 11.5. The van der Waals surface area contributed by atoms with Gasteiger partial charge in [0.2, 0.25) is 5.91 Å². The maximum Gasteiger partial charge on any atom is 0.239 e. The Kier molecular flexibility index (Phi) is 8.63. The number of ether oxygens (including phenoxy) is 2. The van der Waals surface area contributed by atoms with Crippen LogP contribution in [0.15, 0.2) is 46.6 Å². The highest BCUT2D eigenvalue weighted by Gasteiger charge is 2.31. The Hall–Kier alpha value is -2.22. The lowest BCUT2D eigenvalue weighted by Gasteiger charge is -2.10. The summed E-state index contributed by atoms with van der Waals surface area (Å²) in [5, 5.41) is 12.2. The van der Waals surface area contributed by atoms with Crippen molar-refractivity contribution in [3.8, 4) is 11.5 Å². The first-order chi connectivity index (χ1) is 15.0. The van der Waals surface area contributed by atoms with Crippen molar-refractivity contribution in [2.24, 2.45) is 10.2 Å². The molecule has 2 aromatic carbocycles. The van der Waals surface area contributed by atoms with Crippen LogP contribution in [0.25, 0.3) is 0 Å². The SMILES string of the molecule is CCCCOc1ccc(/C=N/N=C2\NC(=O)C(Cc3cc(Cl)ccc3Cl)S2)cc1OC. The van der Waals surface area contributed by atoms with Crippen LogP contribution in [0, 0.1) is 0 Å². The summed E-state index contributed by atoms with van der Waals surface area (Å²) >= 11 is 13.6. The van der Waals surface area contributed by atoms with Gasteiger partial charge in [-0.1, -0.05) is 48.3 Å². The fourth-order valence-electron chi connectivity index (χ4n) is 2.84. The molecule has 1 aliphatic heterocycles. The number of methoxy groups -OCH3 is 1. The van der Waals surface area contributed by atoms with Gasteiger partial charge in [-0.25, -0.2) is 0 Å². The number of benzene rings is 2. The minimum atomic E-state index is -0.343. The number of unbranched alkanes of at least 4 members (excludes halogenated alkanes) is 1. The van der Waals surface area contributed by atoms with E-state index in [-0.39, 0.29) is 11.2 Å². The lowest BCUT2D eigenvalue weighted by atomic mass is 10.1. The summed E-state index contributed by atoms with van der Waals surface area (Å²) in [7, 11) is 1.60. The molecule has 1 saturated heterocycles. The molecule has 0 saturated carbocycles. The Morgan fingerprint density at radius 1 is 1.19 bits per heavy atom. The molecule has 1 amide bonds. The molecule has 1 fully saturated rings. The van der Waals surface area contributed by atoms with Crippen LogP contribution in [0.1, 0.15) is 30.9 Å². The number of rotatable bonds is 9. The Morgan fingerprint density at radius 3 is 2.81 bits per heavy atom. The molecule has 0 aliphatic carbocycles. The molecule has 1 aliphatic rings. The zero-order valence-corrected chi connectivity index (χ0v) is 19.6. The average molecular weight is 480 g/mol. The van der Waals surface area contributed by atoms with Crippen molar-refractivity contribution in [2.75, 3.05) is 13.7 Å². The van der Waals surface area contributed by atoms with Crippen LogP contribution in [0.4, 0.5) is 0 Å². The van der Waals surface area contributed by atoms with Gasteiger partial charge in [-0.3, -0.25) is 4.79 Å². The molecule has 3 rings (SSSR count). The highest BCUT2D eigenvalue weighted by Crippen LogP contribution is 2.29. The van der Waals surface area contributed by atoms with Gasteiger partial charge >= 0.3 is 0 Å². The highest BCUT2D eigenvalue weighted by molar-refractivity contribution is 8.15. The van der Waals surface area contributed by atoms with E-state index >= 15 is 0 Å². The van der Waals surface area contributed by atoms with Gasteiger partial charge in [0.25, 0.3) is 0 Å². The molecule has 1 N–H and O–H groups in total. The van der Waals surface area contributed by atoms with Crippen LogP contribution < -0.4 is 14.8 Å². The first-order valence-electron chi connectivity index (χ1n) is 9.83. The zero-order valence-electron chi connectivity index (χ0n) is 17.2. The monoisotopic (exact) mass is 479 g/mol. The van der Waals surface area contributed by atoms with E-state index in [2.05, 4.69) is 22.4 Å². The quantitative estimate of drug-likeness (QED) is 0.299. The van der Waals surface area contributed by atoms with Gasteiger partial charge in [0, 0.05) is 10.0 Å². The molecule has 0 radical (unpaired) electrons. The van der Waals surface area contributed by atoms with Gasteiger partial charge < -0.3 is 14.8 Å². The van der Waals surface area contributed by atoms with Crippen molar-refractivity contribution in [3.63, 3.8) is 0 Å². The van der Waals surface area contributed by atoms with Gasteiger partial charge in [0.05, 0.1) is 25.2 Å². The largest absolute Gasteiger partial charge is 0.493 e. The number of carbonyl (C=O) groups excluding carboxylic acids is 1. The Morgan fingerprint density at radius 2 is 2.03 bits per heavy atom. The lowest BCUT2D eigenvalue weighted by Crippen LogP contribution is -2.26. The summed E-state index contributed by atoms with van der Waals surface area (Å²) in [6.45, 7) is 2.76. The standard InChI is InChI=1S/C22H23Cl2N3O3S/c1-3-4-9-30-18-8-5-14(10-19(18)29-2)13-25-27-22-26-21(28)20(31-22)12-15-11-16(23)6-7-17(15)24/h5-8,10-11,13,20H,3-4,9,12H2,1-2H3,(H,26,27,28)/b25-13+. The molecule has 2 aromatic rings. The third-order valence-corrected chi connectivity index (χ3v) is 6.16. The van der Waals surface area contributed by atoms with E-state index in [4.69, 9.17) is 32.7 Å². The molecule has 0 bridgehead atoms. The van der Waals surface area contributed by atoms with Crippen LogP contribution in [-0.4, -0.2) is 36.3 Å². The van der Waals surface area contributed by atoms with E-state index in [1.165, 1.54) is 11.8 Å². The molecule has 31 heavy (non-hydrogen) atoms. The number of hydrogen-bond acceptors (Lipinski definition) is 6. The van der Waals surface area contributed by atoms with Gasteiger partial charge in [-0.05, 0) is 60.4 Å². The van der Waals surface area contributed by atoms with Crippen molar-refractivity contribution in [3.05, 3.63) is 57.6 Å². The predicted octanol–water partition coefficient (Wildman–Crippen LogP) is 5.35. The fourth-order valence-corrected chi connectivity index (χ4v) is 4.19. The molecular weight excluding hydrogens is 457 g/mol. The van der Waals surface area contributed by atoms with Gasteiger partial charge in [0.15, 0.2) is 16.7 Å². The molecule has 0 spiro atoms. The van der Waals surface area contributed by atoms with E-state index in [1.807, 2.05) is 18.2 Å². The van der Waals surface area contributed by atoms with Crippen LogP contribution >= 0.6 is 35.0 Å². The van der Waals surface area contributed by atoms with Crippen molar-refractivity contribution in [1.82, 2.24) is 5.32 Å².